The predicted octanol–water partition coefficient (Wildman–Crippen LogP) is 1.73. The van der Waals surface area contributed by atoms with Crippen molar-refractivity contribution in [2.75, 3.05) is 25.4 Å². The van der Waals surface area contributed by atoms with Crippen LogP contribution in [0.4, 0.5) is 0 Å². The van der Waals surface area contributed by atoms with Gasteiger partial charge >= 0.3 is 0 Å². The van der Waals surface area contributed by atoms with Gasteiger partial charge in [0, 0.05) is 6.54 Å². The zero-order valence-corrected chi connectivity index (χ0v) is 12.3. The number of unbranched alkanes of at least 4 members (excludes halogenated alkanes) is 1. The first-order valence-corrected chi connectivity index (χ1v) is 8.39. The molecule has 5 heteroatoms. The molecule has 0 saturated carbocycles. The van der Waals surface area contributed by atoms with Gasteiger partial charge < -0.3 is 5.32 Å². The molecule has 0 bridgehead atoms. The topological polar surface area (TPSA) is 58.2 Å². The quantitative estimate of drug-likeness (QED) is 0.559. The second-order valence-corrected chi connectivity index (χ2v) is 6.34. The van der Waals surface area contributed by atoms with E-state index in [4.69, 9.17) is 0 Å². The smallest absolute Gasteiger partial charge is 0.211 e. The summed E-state index contributed by atoms with van der Waals surface area (Å²) >= 11 is 0. The molecule has 4 nitrogen and oxygen atoms in total. The van der Waals surface area contributed by atoms with Crippen molar-refractivity contribution in [3.05, 3.63) is 0 Å². The molecule has 2 N–H and O–H groups in total. The van der Waals surface area contributed by atoms with Gasteiger partial charge in [-0.15, -0.1) is 0 Å². The van der Waals surface area contributed by atoms with E-state index in [9.17, 15) is 8.42 Å². The lowest BCUT2D eigenvalue weighted by Gasteiger charge is -2.13. The van der Waals surface area contributed by atoms with Crippen molar-refractivity contribution in [3.8, 4) is 0 Å². The third kappa shape index (κ3) is 9.56. The Hall–Kier alpha value is -0.130. The third-order valence-electron chi connectivity index (χ3n) is 3.01. The van der Waals surface area contributed by atoms with Crippen LogP contribution in [-0.4, -0.2) is 33.8 Å². The molecule has 0 amide bonds. The van der Waals surface area contributed by atoms with Crippen molar-refractivity contribution in [1.29, 1.82) is 0 Å². The van der Waals surface area contributed by atoms with Gasteiger partial charge in [-0.2, -0.15) is 0 Å². The van der Waals surface area contributed by atoms with Gasteiger partial charge in [0.2, 0.25) is 10.0 Å². The number of hydrogen-bond acceptors (Lipinski definition) is 3. The van der Waals surface area contributed by atoms with E-state index in [1.54, 1.807) is 0 Å². The molecule has 17 heavy (non-hydrogen) atoms. The van der Waals surface area contributed by atoms with Crippen LogP contribution >= 0.6 is 0 Å². The van der Waals surface area contributed by atoms with Crippen LogP contribution in [0.2, 0.25) is 0 Å². The summed E-state index contributed by atoms with van der Waals surface area (Å²) in [5.74, 6) is 0.713. The highest BCUT2D eigenvalue weighted by molar-refractivity contribution is 7.89. The summed E-state index contributed by atoms with van der Waals surface area (Å²) in [5.41, 5.74) is 0. The Balaban J connectivity index is 3.72. The first-order valence-electron chi connectivity index (χ1n) is 6.73. The minimum atomic E-state index is -3.06. The Morgan fingerprint density at radius 2 is 1.71 bits per heavy atom. The van der Waals surface area contributed by atoms with Crippen LogP contribution in [0.1, 0.15) is 46.5 Å². The maximum absolute atomic E-state index is 11.7. The summed E-state index contributed by atoms with van der Waals surface area (Å²) in [4.78, 5) is 0. The standard InChI is InChI=1S/C12H28N2O2S/c1-4-12(5-2)11-14-17(15,16)10-8-7-9-13-6-3/h12-14H,4-11H2,1-3H3. The van der Waals surface area contributed by atoms with Gasteiger partial charge in [0.1, 0.15) is 0 Å². The van der Waals surface area contributed by atoms with Crippen molar-refractivity contribution in [2.24, 2.45) is 5.92 Å². The molecule has 0 unspecified atom stereocenters. The van der Waals surface area contributed by atoms with Crippen molar-refractivity contribution < 1.29 is 8.42 Å². The third-order valence-corrected chi connectivity index (χ3v) is 4.45. The monoisotopic (exact) mass is 264 g/mol. The average molecular weight is 264 g/mol. The summed E-state index contributed by atoms with van der Waals surface area (Å²) in [5, 5.41) is 3.19. The van der Waals surface area contributed by atoms with Gasteiger partial charge in [0.25, 0.3) is 0 Å². The van der Waals surface area contributed by atoms with Gasteiger partial charge in [-0.3, -0.25) is 0 Å². The number of rotatable bonds is 11. The first kappa shape index (κ1) is 16.9. The molecular formula is C12H28N2O2S. The molecule has 0 aromatic heterocycles. The van der Waals surface area contributed by atoms with Gasteiger partial charge in [-0.05, 0) is 31.8 Å². The van der Waals surface area contributed by atoms with E-state index in [1.165, 1.54) is 0 Å². The Kier molecular flexibility index (Phi) is 9.78. The first-order chi connectivity index (χ1) is 8.05. The highest BCUT2D eigenvalue weighted by Crippen LogP contribution is 2.06. The Labute approximate surface area is 107 Å². The molecule has 0 rings (SSSR count). The van der Waals surface area contributed by atoms with Crippen molar-refractivity contribution in [3.63, 3.8) is 0 Å². The van der Waals surface area contributed by atoms with Crippen LogP contribution in [-0.2, 0) is 10.0 Å². The second-order valence-electron chi connectivity index (χ2n) is 4.41. The maximum Gasteiger partial charge on any atom is 0.211 e. The zero-order valence-electron chi connectivity index (χ0n) is 11.5. The van der Waals surface area contributed by atoms with Crippen LogP contribution in [0.15, 0.2) is 0 Å². The molecule has 0 saturated heterocycles. The van der Waals surface area contributed by atoms with Crippen LogP contribution in [0, 0.1) is 5.92 Å². The number of sulfonamides is 1. The fraction of sp³-hybridized carbons (Fsp3) is 1.00. The zero-order chi connectivity index (χ0) is 13.1. The summed E-state index contributed by atoms with van der Waals surface area (Å²) in [6.45, 7) is 8.67. The Bertz CT molecular complexity index is 262. The molecule has 0 aromatic rings. The fourth-order valence-electron chi connectivity index (χ4n) is 1.61. The predicted molar refractivity (Wildman–Crippen MR) is 73.6 cm³/mol. The van der Waals surface area contributed by atoms with E-state index in [0.29, 0.717) is 12.5 Å². The van der Waals surface area contributed by atoms with Gasteiger partial charge in [-0.1, -0.05) is 33.6 Å². The molecule has 104 valence electrons. The van der Waals surface area contributed by atoms with Crippen LogP contribution in [0.5, 0.6) is 0 Å². The minimum absolute atomic E-state index is 0.249. The minimum Gasteiger partial charge on any atom is -0.317 e. The van der Waals surface area contributed by atoms with Gasteiger partial charge in [0.15, 0.2) is 0 Å². The van der Waals surface area contributed by atoms with E-state index < -0.39 is 10.0 Å². The van der Waals surface area contributed by atoms with E-state index in [2.05, 4.69) is 23.9 Å². The van der Waals surface area contributed by atoms with Gasteiger partial charge in [-0.25, -0.2) is 13.1 Å². The van der Waals surface area contributed by atoms with Crippen molar-refractivity contribution in [1.82, 2.24) is 10.0 Å². The lowest BCUT2D eigenvalue weighted by Crippen LogP contribution is -2.31. The summed E-state index contributed by atoms with van der Waals surface area (Å²) in [6, 6.07) is 0. The molecule has 0 aliphatic carbocycles. The Morgan fingerprint density at radius 3 is 2.24 bits per heavy atom. The Morgan fingerprint density at radius 1 is 1.06 bits per heavy atom. The average Bonchev–Trinajstić information content (AvgIpc) is 2.30. The molecular weight excluding hydrogens is 236 g/mol. The molecule has 0 fully saturated rings. The molecule has 0 heterocycles. The number of nitrogens with one attached hydrogen (secondary N) is 2. The normalized spacial score (nSPS) is 12.2. The molecule has 0 aromatic carbocycles. The number of hydrogen-bond donors (Lipinski definition) is 2. The fourth-order valence-corrected chi connectivity index (χ4v) is 2.83. The van der Waals surface area contributed by atoms with Crippen molar-refractivity contribution in [2.45, 2.75) is 46.5 Å². The van der Waals surface area contributed by atoms with E-state index in [-0.39, 0.29) is 5.75 Å². The van der Waals surface area contributed by atoms with Crippen molar-refractivity contribution >= 4 is 10.0 Å². The highest BCUT2D eigenvalue weighted by Gasteiger charge is 2.12. The molecule has 0 radical (unpaired) electrons. The SMILES string of the molecule is CCNCCCCS(=O)(=O)NCC(CC)CC. The lowest BCUT2D eigenvalue weighted by atomic mass is 10.0. The molecule has 0 atom stereocenters. The summed E-state index contributed by atoms with van der Waals surface area (Å²) in [6.07, 6.45) is 3.70. The summed E-state index contributed by atoms with van der Waals surface area (Å²) in [7, 11) is -3.06. The van der Waals surface area contributed by atoms with Crippen LogP contribution in [0.25, 0.3) is 0 Å². The largest absolute Gasteiger partial charge is 0.317 e. The van der Waals surface area contributed by atoms with Crippen LogP contribution < -0.4 is 10.0 Å². The van der Waals surface area contributed by atoms with E-state index >= 15 is 0 Å². The van der Waals surface area contributed by atoms with Gasteiger partial charge in [0.05, 0.1) is 5.75 Å². The van der Waals surface area contributed by atoms with Crippen LogP contribution in [0.3, 0.4) is 0 Å². The lowest BCUT2D eigenvalue weighted by molar-refractivity contribution is 0.478. The summed E-state index contributed by atoms with van der Waals surface area (Å²) < 4.78 is 26.0. The molecule has 0 aliphatic heterocycles. The van der Waals surface area contributed by atoms with E-state index in [0.717, 1.165) is 38.8 Å². The van der Waals surface area contributed by atoms with E-state index in [1.807, 2.05) is 6.92 Å². The highest BCUT2D eigenvalue weighted by atomic mass is 32.2. The second kappa shape index (κ2) is 9.85. The molecule has 0 aliphatic rings. The maximum atomic E-state index is 11.7. The molecule has 0 spiro atoms.